The molecule has 2 atom stereocenters. The van der Waals surface area contributed by atoms with Gasteiger partial charge in [0.1, 0.15) is 0 Å². The molecule has 0 bridgehead atoms. The van der Waals surface area contributed by atoms with E-state index < -0.39 is 0 Å². The van der Waals surface area contributed by atoms with Gasteiger partial charge in [0.15, 0.2) is 0 Å². The minimum absolute atomic E-state index is 0.0168. The molecule has 0 saturated carbocycles. The summed E-state index contributed by atoms with van der Waals surface area (Å²) in [5, 5.41) is 2.76. The smallest absolute Gasteiger partial charge is 0.223 e. The molecule has 1 aliphatic heterocycles. The molecule has 4 heteroatoms. The summed E-state index contributed by atoms with van der Waals surface area (Å²) in [6, 6.07) is 0. The van der Waals surface area contributed by atoms with Crippen LogP contribution < -0.4 is 11.1 Å². The van der Waals surface area contributed by atoms with Crippen LogP contribution in [0.25, 0.3) is 0 Å². The number of nitrogens with one attached hydrogen (secondary N) is 1. The van der Waals surface area contributed by atoms with Gasteiger partial charge in [0.2, 0.25) is 11.8 Å². The third-order valence-electron chi connectivity index (χ3n) is 2.62. The average Bonchev–Trinajstić information content (AvgIpc) is 2.09. The van der Waals surface area contributed by atoms with Gasteiger partial charge >= 0.3 is 0 Å². The molecule has 1 unspecified atom stereocenters. The molecule has 0 aliphatic carbocycles. The summed E-state index contributed by atoms with van der Waals surface area (Å²) in [7, 11) is 0. The standard InChI is InChI=1S/C9H16N2O2/c1-2-6(8(10)12)7-4-3-5-11-9(7)13/h6-7H,2-5H2,1H3,(H2,10,12)(H,11,13)/t6?,7-/m0/s1. The Hall–Kier alpha value is -1.06. The summed E-state index contributed by atoms with van der Waals surface area (Å²) >= 11 is 0. The monoisotopic (exact) mass is 184 g/mol. The van der Waals surface area contributed by atoms with Gasteiger partial charge < -0.3 is 11.1 Å². The molecule has 1 heterocycles. The number of rotatable bonds is 3. The molecule has 3 N–H and O–H groups in total. The summed E-state index contributed by atoms with van der Waals surface area (Å²) in [6.45, 7) is 2.61. The summed E-state index contributed by atoms with van der Waals surface area (Å²) in [5.74, 6) is -0.863. The van der Waals surface area contributed by atoms with Crippen molar-refractivity contribution in [2.24, 2.45) is 17.6 Å². The predicted molar refractivity (Wildman–Crippen MR) is 48.7 cm³/mol. The SMILES string of the molecule is CCC(C(N)=O)[C@@H]1CCCNC1=O. The normalized spacial score (nSPS) is 25.0. The zero-order valence-corrected chi connectivity index (χ0v) is 7.88. The maximum Gasteiger partial charge on any atom is 0.223 e. The minimum atomic E-state index is -0.357. The largest absolute Gasteiger partial charge is 0.369 e. The Morgan fingerprint density at radius 1 is 1.77 bits per heavy atom. The van der Waals surface area contributed by atoms with E-state index >= 15 is 0 Å². The number of amides is 2. The quantitative estimate of drug-likeness (QED) is 0.649. The summed E-state index contributed by atoms with van der Waals surface area (Å²) in [5.41, 5.74) is 5.22. The van der Waals surface area contributed by atoms with E-state index in [1.165, 1.54) is 0 Å². The fourth-order valence-electron chi connectivity index (χ4n) is 1.86. The lowest BCUT2D eigenvalue weighted by atomic mass is 9.83. The highest BCUT2D eigenvalue weighted by atomic mass is 16.2. The van der Waals surface area contributed by atoms with E-state index in [0.29, 0.717) is 6.42 Å². The third-order valence-corrected chi connectivity index (χ3v) is 2.62. The Labute approximate surface area is 77.9 Å². The second-order valence-corrected chi connectivity index (χ2v) is 3.46. The second kappa shape index (κ2) is 4.25. The van der Waals surface area contributed by atoms with Crippen LogP contribution in [0.4, 0.5) is 0 Å². The number of carbonyl (C=O) groups excluding carboxylic acids is 2. The molecule has 1 aliphatic rings. The Kier molecular flexibility index (Phi) is 3.28. The molecular weight excluding hydrogens is 168 g/mol. The first-order chi connectivity index (χ1) is 6.16. The van der Waals surface area contributed by atoms with Crippen LogP contribution in [0.5, 0.6) is 0 Å². The van der Waals surface area contributed by atoms with Crippen molar-refractivity contribution in [2.45, 2.75) is 26.2 Å². The van der Waals surface area contributed by atoms with E-state index in [1.807, 2.05) is 6.92 Å². The van der Waals surface area contributed by atoms with Crippen molar-refractivity contribution in [2.75, 3.05) is 6.54 Å². The van der Waals surface area contributed by atoms with E-state index in [-0.39, 0.29) is 23.7 Å². The summed E-state index contributed by atoms with van der Waals surface area (Å²) < 4.78 is 0. The number of piperidine rings is 1. The number of primary amides is 1. The van der Waals surface area contributed by atoms with Gasteiger partial charge in [-0.05, 0) is 19.3 Å². The molecule has 0 spiro atoms. The van der Waals surface area contributed by atoms with Gasteiger partial charge in [-0.25, -0.2) is 0 Å². The molecule has 1 rings (SSSR count). The third kappa shape index (κ3) is 2.20. The number of hydrogen-bond acceptors (Lipinski definition) is 2. The molecule has 74 valence electrons. The molecule has 1 saturated heterocycles. The van der Waals surface area contributed by atoms with Crippen molar-refractivity contribution in [1.82, 2.24) is 5.32 Å². The summed E-state index contributed by atoms with van der Waals surface area (Å²) in [4.78, 5) is 22.4. The Bertz CT molecular complexity index is 216. The highest BCUT2D eigenvalue weighted by molar-refractivity contribution is 5.87. The molecule has 2 amide bonds. The van der Waals surface area contributed by atoms with Crippen molar-refractivity contribution in [3.8, 4) is 0 Å². The Morgan fingerprint density at radius 2 is 2.46 bits per heavy atom. The minimum Gasteiger partial charge on any atom is -0.369 e. The molecule has 13 heavy (non-hydrogen) atoms. The van der Waals surface area contributed by atoms with E-state index in [1.54, 1.807) is 0 Å². The topological polar surface area (TPSA) is 72.2 Å². The van der Waals surface area contributed by atoms with Crippen molar-refractivity contribution in [1.29, 1.82) is 0 Å². The van der Waals surface area contributed by atoms with Crippen molar-refractivity contribution in [3.63, 3.8) is 0 Å². The zero-order chi connectivity index (χ0) is 9.84. The lowest BCUT2D eigenvalue weighted by Gasteiger charge is -2.26. The lowest BCUT2D eigenvalue weighted by Crippen LogP contribution is -2.43. The van der Waals surface area contributed by atoms with Gasteiger partial charge in [-0.3, -0.25) is 9.59 Å². The van der Waals surface area contributed by atoms with Crippen LogP contribution in [0, 0.1) is 11.8 Å². The van der Waals surface area contributed by atoms with Crippen LogP contribution in [0.3, 0.4) is 0 Å². The maximum atomic E-state index is 11.4. The molecule has 0 radical (unpaired) electrons. The van der Waals surface area contributed by atoms with Crippen LogP contribution in [0.1, 0.15) is 26.2 Å². The van der Waals surface area contributed by atoms with Crippen LogP contribution in [-0.2, 0) is 9.59 Å². The second-order valence-electron chi connectivity index (χ2n) is 3.46. The van der Waals surface area contributed by atoms with Gasteiger partial charge in [-0.2, -0.15) is 0 Å². The molecule has 0 aromatic carbocycles. The first-order valence-electron chi connectivity index (χ1n) is 4.73. The Morgan fingerprint density at radius 3 is 2.92 bits per heavy atom. The first-order valence-corrected chi connectivity index (χ1v) is 4.73. The maximum absolute atomic E-state index is 11.4. The molecular formula is C9H16N2O2. The molecule has 0 aromatic rings. The fraction of sp³-hybridized carbons (Fsp3) is 0.778. The average molecular weight is 184 g/mol. The highest BCUT2D eigenvalue weighted by Crippen LogP contribution is 2.23. The van der Waals surface area contributed by atoms with Crippen LogP contribution in [-0.4, -0.2) is 18.4 Å². The van der Waals surface area contributed by atoms with Gasteiger partial charge in [-0.15, -0.1) is 0 Å². The number of hydrogen-bond donors (Lipinski definition) is 2. The Balaban J connectivity index is 2.65. The van der Waals surface area contributed by atoms with Gasteiger partial charge in [0, 0.05) is 18.4 Å². The molecule has 1 fully saturated rings. The van der Waals surface area contributed by atoms with E-state index in [2.05, 4.69) is 5.32 Å². The van der Waals surface area contributed by atoms with Gasteiger partial charge in [-0.1, -0.05) is 6.92 Å². The van der Waals surface area contributed by atoms with Crippen molar-refractivity contribution < 1.29 is 9.59 Å². The van der Waals surface area contributed by atoms with Gasteiger partial charge in [0.05, 0.1) is 0 Å². The lowest BCUT2D eigenvalue weighted by molar-refractivity contribution is -0.134. The number of carbonyl (C=O) groups is 2. The first kappa shape index (κ1) is 10.0. The van der Waals surface area contributed by atoms with Crippen molar-refractivity contribution in [3.05, 3.63) is 0 Å². The van der Waals surface area contributed by atoms with Crippen molar-refractivity contribution >= 4 is 11.8 Å². The fourth-order valence-corrected chi connectivity index (χ4v) is 1.86. The predicted octanol–water partition coefficient (Wildman–Crippen LogP) is 0.0241. The van der Waals surface area contributed by atoms with Crippen LogP contribution in [0.2, 0.25) is 0 Å². The highest BCUT2D eigenvalue weighted by Gasteiger charge is 2.32. The summed E-state index contributed by atoms with van der Waals surface area (Å²) in [6.07, 6.45) is 2.38. The van der Waals surface area contributed by atoms with E-state index in [4.69, 9.17) is 5.73 Å². The number of nitrogens with two attached hydrogens (primary N) is 1. The molecule has 4 nitrogen and oxygen atoms in total. The van der Waals surface area contributed by atoms with Crippen LogP contribution in [0.15, 0.2) is 0 Å². The molecule has 0 aromatic heterocycles. The zero-order valence-electron chi connectivity index (χ0n) is 7.88. The van der Waals surface area contributed by atoms with E-state index in [0.717, 1.165) is 19.4 Å². The van der Waals surface area contributed by atoms with Gasteiger partial charge in [0.25, 0.3) is 0 Å². The van der Waals surface area contributed by atoms with Crippen LogP contribution >= 0.6 is 0 Å². The van der Waals surface area contributed by atoms with E-state index in [9.17, 15) is 9.59 Å².